The molecule has 0 saturated heterocycles. The van der Waals surface area contributed by atoms with Gasteiger partial charge < -0.3 is 4.74 Å². The minimum Gasteiger partial charge on any atom is -0.495 e. The maximum absolute atomic E-state index is 12.6. The van der Waals surface area contributed by atoms with Crippen molar-refractivity contribution in [2.75, 3.05) is 12.4 Å². The van der Waals surface area contributed by atoms with E-state index in [1.54, 1.807) is 27.7 Å². The number of amides is 1. The molecule has 10 heteroatoms. The Morgan fingerprint density at radius 3 is 2.44 bits per heavy atom. The molecule has 25 heavy (non-hydrogen) atoms. The highest BCUT2D eigenvalue weighted by molar-refractivity contribution is 7.89. The molecule has 0 spiro atoms. The molecule has 1 aromatic heterocycles. The quantitative estimate of drug-likeness (QED) is 0.817. The molecule has 2 aromatic rings. The normalized spacial score (nSPS) is 12.0. The first kappa shape index (κ1) is 19.3. The van der Waals surface area contributed by atoms with Gasteiger partial charge in [0.05, 0.1) is 7.11 Å². The summed E-state index contributed by atoms with van der Waals surface area (Å²) in [6, 6.07) is 4.20. The van der Waals surface area contributed by atoms with Crippen molar-refractivity contribution in [2.45, 2.75) is 38.1 Å². The van der Waals surface area contributed by atoms with E-state index in [1.165, 1.54) is 36.6 Å². The first-order chi connectivity index (χ1) is 11.5. The molecule has 0 aliphatic heterocycles. The summed E-state index contributed by atoms with van der Waals surface area (Å²) in [7, 11) is -2.50. The molecule has 0 saturated carbocycles. The molecule has 2 rings (SSSR count). The average molecular weight is 384 g/mol. The number of benzene rings is 1. The number of sulfonamides is 1. The van der Waals surface area contributed by atoms with Crippen LogP contribution in [0.1, 0.15) is 36.1 Å². The number of ether oxygens (including phenoxy) is 1. The first-order valence-electron chi connectivity index (χ1n) is 7.35. The summed E-state index contributed by atoms with van der Waals surface area (Å²) in [5.41, 5.74) is -0.505. The monoisotopic (exact) mass is 384 g/mol. The molecule has 1 heterocycles. The van der Waals surface area contributed by atoms with Gasteiger partial charge in [-0.2, -0.15) is 0 Å². The molecule has 2 N–H and O–H groups in total. The molecule has 1 amide bonds. The zero-order valence-corrected chi connectivity index (χ0v) is 16.2. The maximum atomic E-state index is 12.6. The minimum atomic E-state index is -3.87. The van der Waals surface area contributed by atoms with Gasteiger partial charge in [0.25, 0.3) is 5.91 Å². The van der Waals surface area contributed by atoms with Gasteiger partial charge in [-0.3, -0.25) is 10.1 Å². The summed E-state index contributed by atoms with van der Waals surface area (Å²) >= 11 is 1.23. The molecule has 8 nitrogen and oxygen atoms in total. The molecule has 0 aliphatic rings. The lowest BCUT2D eigenvalue weighted by atomic mass is 10.1. The molecule has 0 bridgehead atoms. The van der Waals surface area contributed by atoms with Crippen LogP contribution in [-0.2, 0) is 10.0 Å². The largest absolute Gasteiger partial charge is 0.495 e. The van der Waals surface area contributed by atoms with Crippen LogP contribution in [-0.4, -0.2) is 37.2 Å². The third-order valence-electron chi connectivity index (χ3n) is 2.90. The number of aryl methyl sites for hydroxylation is 1. The number of carbonyl (C=O) groups is 1. The fourth-order valence-electron chi connectivity index (χ4n) is 2.00. The summed E-state index contributed by atoms with van der Waals surface area (Å²) in [6.07, 6.45) is 0. The van der Waals surface area contributed by atoms with Gasteiger partial charge in [0.1, 0.15) is 15.7 Å². The molecule has 0 unspecified atom stereocenters. The smallest absolute Gasteiger partial charge is 0.257 e. The fraction of sp³-hybridized carbons (Fsp3) is 0.400. The van der Waals surface area contributed by atoms with Crippen LogP contribution in [0, 0.1) is 6.92 Å². The van der Waals surface area contributed by atoms with Crippen molar-refractivity contribution in [1.29, 1.82) is 0 Å². The number of methoxy groups -OCH3 is 1. The lowest BCUT2D eigenvalue weighted by molar-refractivity contribution is 0.102. The number of carbonyl (C=O) groups excluding carboxylic acids is 1. The maximum Gasteiger partial charge on any atom is 0.257 e. The Morgan fingerprint density at radius 1 is 1.24 bits per heavy atom. The van der Waals surface area contributed by atoms with Gasteiger partial charge in [0.2, 0.25) is 15.2 Å². The number of nitrogens with one attached hydrogen (secondary N) is 2. The van der Waals surface area contributed by atoms with E-state index in [0.717, 1.165) is 0 Å². The Labute approximate surface area is 150 Å². The highest BCUT2D eigenvalue weighted by Gasteiger charge is 2.26. The van der Waals surface area contributed by atoms with E-state index in [-0.39, 0.29) is 16.2 Å². The van der Waals surface area contributed by atoms with Gasteiger partial charge in [-0.15, -0.1) is 10.2 Å². The molecular weight excluding hydrogens is 364 g/mol. The summed E-state index contributed by atoms with van der Waals surface area (Å²) in [5, 5.41) is 11.3. The van der Waals surface area contributed by atoms with E-state index < -0.39 is 21.5 Å². The van der Waals surface area contributed by atoms with Crippen LogP contribution in [0.4, 0.5) is 5.13 Å². The number of hydrogen-bond acceptors (Lipinski definition) is 7. The summed E-state index contributed by atoms with van der Waals surface area (Å²) < 4.78 is 32.9. The van der Waals surface area contributed by atoms with E-state index in [0.29, 0.717) is 10.1 Å². The summed E-state index contributed by atoms with van der Waals surface area (Å²) in [6.45, 7) is 6.95. The van der Waals surface area contributed by atoms with Crippen molar-refractivity contribution in [3.63, 3.8) is 0 Å². The lowest BCUT2D eigenvalue weighted by Crippen LogP contribution is -2.40. The van der Waals surface area contributed by atoms with Crippen molar-refractivity contribution in [3.8, 4) is 5.75 Å². The zero-order valence-electron chi connectivity index (χ0n) is 14.6. The van der Waals surface area contributed by atoms with E-state index in [2.05, 4.69) is 20.2 Å². The number of aromatic nitrogens is 2. The third-order valence-corrected chi connectivity index (χ3v) is 5.44. The van der Waals surface area contributed by atoms with Crippen LogP contribution in [0.15, 0.2) is 23.1 Å². The Bertz CT molecular complexity index is 885. The average Bonchev–Trinajstić information content (AvgIpc) is 2.89. The highest BCUT2D eigenvalue weighted by atomic mass is 32.2. The predicted octanol–water partition coefficient (Wildman–Crippen LogP) is 2.18. The van der Waals surface area contributed by atoms with Crippen molar-refractivity contribution in [3.05, 3.63) is 28.8 Å². The van der Waals surface area contributed by atoms with Crippen molar-refractivity contribution in [1.82, 2.24) is 14.9 Å². The fourth-order valence-corrected chi connectivity index (χ4v) is 4.20. The number of nitrogens with zero attached hydrogens (tertiary/aromatic N) is 2. The summed E-state index contributed by atoms with van der Waals surface area (Å²) in [5.74, 6) is -0.328. The first-order valence-corrected chi connectivity index (χ1v) is 9.65. The predicted molar refractivity (Wildman–Crippen MR) is 95.7 cm³/mol. The topological polar surface area (TPSA) is 110 Å². The zero-order chi connectivity index (χ0) is 18.8. The van der Waals surface area contributed by atoms with Gasteiger partial charge in [-0.1, -0.05) is 11.3 Å². The van der Waals surface area contributed by atoms with E-state index in [9.17, 15) is 13.2 Å². The lowest BCUT2D eigenvalue weighted by Gasteiger charge is -2.21. The van der Waals surface area contributed by atoms with E-state index >= 15 is 0 Å². The van der Waals surface area contributed by atoms with Gasteiger partial charge in [-0.05, 0) is 45.9 Å². The number of hydrogen-bond donors (Lipinski definition) is 2. The third kappa shape index (κ3) is 4.97. The van der Waals surface area contributed by atoms with Crippen LogP contribution in [0.5, 0.6) is 5.75 Å². The molecular formula is C15H20N4O4S2. The van der Waals surface area contributed by atoms with Crippen LogP contribution < -0.4 is 14.8 Å². The second-order valence-electron chi connectivity index (χ2n) is 6.30. The van der Waals surface area contributed by atoms with Gasteiger partial charge in [0.15, 0.2) is 0 Å². The Balaban J connectivity index is 2.37. The van der Waals surface area contributed by atoms with Gasteiger partial charge >= 0.3 is 0 Å². The van der Waals surface area contributed by atoms with Gasteiger partial charge in [-0.25, -0.2) is 13.1 Å². The molecule has 0 aliphatic carbocycles. The molecule has 136 valence electrons. The standard InChI is InChI=1S/C15H20N4O4S2/c1-9-17-18-14(24-9)16-13(20)10-6-7-11(23-5)12(8-10)25(21,22)19-15(2,3)4/h6-8,19H,1-5H3,(H,16,18,20). The Morgan fingerprint density at radius 2 is 1.92 bits per heavy atom. The van der Waals surface area contributed by atoms with Crippen LogP contribution in [0.3, 0.4) is 0 Å². The molecule has 0 radical (unpaired) electrons. The van der Waals surface area contributed by atoms with Crippen LogP contribution in [0.25, 0.3) is 0 Å². The van der Waals surface area contributed by atoms with Crippen molar-refractivity contribution in [2.24, 2.45) is 0 Å². The van der Waals surface area contributed by atoms with E-state index in [1.807, 2.05) is 0 Å². The molecule has 0 fully saturated rings. The number of anilines is 1. The minimum absolute atomic E-state index is 0.106. The Kier molecular flexibility index (Phi) is 5.45. The van der Waals surface area contributed by atoms with Crippen molar-refractivity contribution < 1.29 is 17.9 Å². The Hall–Kier alpha value is -2.04. The van der Waals surface area contributed by atoms with E-state index in [4.69, 9.17) is 4.74 Å². The molecule has 0 atom stereocenters. The van der Waals surface area contributed by atoms with Gasteiger partial charge in [0, 0.05) is 11.1 Å². The van der Waals surface area contributed by atoms with Crippen LogP contribution in [0.2, 0.25) is 0 Å². The SMILES string of the molecule is COc1ccc(C(=O)Nc2nnc(C)s2)cc1S(=O)(=O)NC(C)(C)C. The highest BCUT2D eigenvalue weighted by Crippen LogP contribution is 2.26. The second kappa shape index (κ2) is 7.06. The van der Waals surface area contributed by atoms with Crippen LogP contribution >= 0.6 is 11.3 Å². The molecule has 1 aromatic carbocycles. The number of rotatable bonds is 5. The summed E-state index contributed by atoms with van der Waals surface area (Å²) in [4.78, 5) is 12.3. The second-order valence-corrected chi connectivity index (χ2v) is 9.13. The van der Waals surface area contributed by atoms with Crippen molar-refractivity contribution >= 4 is 32.4 Å².